The molecular formula is C21H41N5O13. The van der Waals surface area contributed by atoms with Gasteiger partial charge >= 0.3 is 0 Å². The maximum Gasteiger partial charge on any atom is 0.274 e. The first-order chi connectivity index (χ1) is 18.4. The molecule has 0 bridgehead atoms. The zero-order valence-electron chi connectivity index (χ0n) is 21.1. The first-order valence-electron chi connectivity index (χ1n) is 12.6. The van der Waals surface area contributed by atoms with Crippen molar-refractivity contribution in [1.29, 1.82) is 0 Å². The minimum atomic E-state index is -1.74. The second-order valence-electron chi connectivity index (χ2n) is 9.79. The summed E-state index contributed by atoms with van der Waals surface area (Å²) in [6.07, 6.45) is -17.5. The number of hydrogen-bond donors (Lipinski definition) is 12. The van der Waals surface area contributed by atoms with Crippen molar-refractivity contribution in [2.75, 3.05) is 19.7 Å². The van der Waals surface area contributed by atoms with Gasteiger partial charge in [0.2, 0.25) is 5.91 Å². The number of nitrogens with one attached hydrogen (secondary N) is 1. The lowest BCUT2D eigenvalue weighted by Crippen LogP contribution is -2.68. The highest BCUT2D eigenvalue weighted by Crippen LogP contribution is 2.31. The van der Waals surface area contributed by atoms with Crippen LogP contribution in [0.25, 0.3) is 0 Å². The number of hydrogen-bond acceptors (Lipinski definition) is 17. The van der Waals surface area contributed by atoms with E-state index in [1.807, 2.05) is 0 Å². The summed E-state index contributed by atoms with van der Waals surface area (Å²) >= 11 is 0. The van der Waals surface area contributed by atoms with Crippen LogP contribution in [0.5, 0.6) is 0 Å². The van der Waals surface area contributed by atoms with Crippen LogP contribution in [0.4, 0.5) is 0 Å². The van der Waals surface area contributed by atoms with Crippen molar-refractivity contribution in [3.8, 4) is 0 Å². The molecule has 3 aliphatic rings. The van der Waals surface area contributed by atoms with Crippen molar-refractivity contribution >= 4 is 5.91 Å². The summed E-state index contributed by atoms with van der Waals surface area (Å²) in [6.45, 7) is -2.46. The van der Waals surface area contributed by atoms with Crippen LogP contribution < -0.4 is 28.3 Å². The van der Waals surface area contributed by atoms with Gasteiger partial charge in [-0.3, -0.25) is 4.79 Å². The van der Waals surface area contributed by atoms with Gasteiger partial charge in [-0.1, -0.05) is 0 Å². The fraction of sp³-hybridized carbons (Fsp3) is 0.952. The molecule has 16 N–H and O–H groups in total. The summed E-state index contributed by atoms with van der Waals surface area (Å²) in [5.74, 6) is -0.822. The molecular weight excluding hydrogens is 530 g/mol. The number of aliphatic hydroxyl groups is 7. The Hall–Kier alpha value is -1.17. The van der Waals surface area contributed by atoms with Gasteiger partial charge in [0, 0.05) is 12.6 Å². The molecule has 2 heterocycles. The number of amides is 1. The Morgan fingerprint density at radius 1 is 0.897 bits per heavy atom. The molecule has 0 aromatic heterocycles. The van der Waals surface area contributed by atoms with Crippen LogP contribution in [0.3, 0.4) is 0 Å². The number of rotatable bonds is 10. The molecule has 39 heavy (non-hydrogen) atoms. The van der Waals surface area contributed by atoms with Crippen LogP contribution in [0.1, 0.15) is 12.8 Å². The van der Waals surface area contributed by atoms with E-state index in [1.54, 1.807) is 0 Å². The monoisotopic (exact) mass is 571 g/mol. The molecule has 18 nitrogen and oxygen atoms in total. The standard InChI is InChI=1S/C21H41N5O13/c22-2-1-8(28)19(34)26-7-3-6(24)16(37-20-14(32)13(31)11(29)9(4-23)35-20)15(33)17(7)38-21-36-10(5-27)12(30)18(25)39-21/h6-18,20-21,27-33H,1-5,22-25H2,(H,26,34)/t6?,7-,8+,9?,10?,11-,12?,13+,14?,15+,16-,17?,18?,20-,21?/m1/s1. The number of aliphatic hydroxyl groups excluding tert-OH is 7. The summed E-state index contributed by atoms with van der Waals surface area (Å²) in [7, 11) is 0. The van der Waals surface area contributed by atoms with Gasteiger partial charge in [0.25, 0.3) is 6.48 Å². The first kappa shape index (κ1) is 32.3. The Morgan fingerprint density at radius 2 is 1.59 bits per heavy atom. The van der Waals surface area contributed by atoms with E-state index in [2.05, 4.69) is 5.32 Å². The third kappa shape index (κ3) is 7.38. The van der Waals surface area contributed by atoms with E-state index in [4.69, 9.17) is 46.6 Å². The molecule has 0 radical (unpaired) electrons. The lowest BCUT2D eigenvalue weighted by Gasteiger charge is -2.48. The SMILES string of the molecule is NCC[C@H](O)C(=O)N[C@@H]1CC(N)[C@@H](O[C@H]2OC(CN)[C@@H](O)[C@H](O)C2O)[C@H](O)C1OC1OC(N)C(O)C(CO)O1. The third-order valence-corrected chi connectivity index (χ3v) is 7.00. The second kappa shape index (κ2) is 14.1. The van der Waals surface area contributed by atoms with E-state index in [9.17, 15) is 40.5 Å². The summed E-state index contributed by atoms with van der Waals surface area (Å²) < 4.78 is 27.6. The van der Waals surface area contributed by atoms with Gasteiger partial charge in [-0.05, 0) is 19.4 Å². The average molecular weight is 572 g/mol. The highest BCUT2D eigenvalue weighted by molar-refractivity contribution is 5.80. The Labute approximate surface area is 223 Å². The van der Waals surface area contributed by atoms with Crippen LogP contribution >= 0.6 is 0 Å². The van der Waals surface area contributed by atoms with Crippen molar-refractivity contribution < 1.29 is 64.2 Å². The fourth-order valence-electron chi connectivity index (χ4n) is 4.70. The molecule has 228 valence electrons. The van der Waals surface area contributed by atoms with E-state index in [0.717, 1.165) is 0 Å². The lowest BCUT2D eigenvalue weighted by molar-refractivity contribution is -0.396. The molecule has 3 fully saturated rings. The molecule has 2 saturated heterocycles. The van der Waals surface area contributed by atoms with Crippen molar-refractivity contribution in [3.05, 3.63) is 0 Å². The zero-order valence-corrected chi connectivity index (χ0v) is 21.1. The topological polar surface area (TPSA) is 321 Å². The molecule has 0 aromatic carbocycles. The first-order valence-corrected chi connectivity index (χ1v) is 12.6. The maximum absolute atomic E-state index is 12.5. The third-order valence-electron chi connectivity index (χ3n) is 7.00. The largest absolute Gasteiger partial charge is 0.394 e. The number of carbonyl (C=O) groups excluding carboxylic acids is 1. The van der Waals surface area contributed by atoms with Gasteiger partial charge < -0.3 is 87.7 Å². The number of ether oxygens (including phenoxy) is 5. The quantitative estimate of drug-likeness (QED) is 0.116. The van der Waals surface area contributed by atoms with Gasteiger partial charge in [0.1, 0.15) is 67.3 Å². The second-order valence-corrected chi connectivity index (χ2v) is 9.79. The van der Waals surface area contributed by atoms with E-state index in [-0.39, 0.29) is 25.9 Å². The minimum absolute atomic E-state index is 0.0256. The summed E-state index contributed by atoms with van der Waals surface area (Å²) in [4.78, 5) is 12.5. The summed E-state index contributed by atoms with van der Waals surface area (Å²) in [6, 6.07) is -2.07. The molecule has 0 spiro atoms. The van der Waals surface area contributed by atoms with Gasteiger partial charge in [-0.25, -0.2) is 0 Å². The molecule has 1 aliphatic carbocycles. The van der Waals surface area contributed by atoms with E-state index in [1.165, 1.54) is 0 Å². The Morgan fingerprint density at radius 3 is 2.21 bits per heavy atom. The average Bonchev–Trinajstić information content (AvgIpc) is 2.90. The minimum Gasteiger partial charge on any atom is -0.394 e. The summed E-state index contributed by atoms with van der Waals surface area (Å²) in [5.41, 5.74) is 22.9. The van der Waals surface area contributed by atoms with Crippen LogP contribution in [-0.4, -0.2) is 153 Å². The fourth-order valence-corrected chi connectivity index (χ4v) is 4.70. The van der Waals surface area contributed by atoms with Crippen LogP contribution in [0.15, 0.2) is 0 Å². The highest BCUT2D eigenvalue weighted by atomic mass is 16.9. The number of nitrogens with two attached hydrogens (primary N) is 4. The van der Waals surface area contributed by atoms with Gasteiger partial charge in [-0.2, -0.15) is 0 Å². The smallest absolute Gasteiger partial charge is 0.274 e. The maximum atomic E-state index is 12.5. The van der Waals surface area contributed by atoms with Crippen LogP contribution in [0.2, 0.25) is 0 Å². The molecule has 2 aliphatic heterocycles. The predicted molar refractivity (Wildman–Crippen MR) is 127 cm³/mol. The lowest BCUT2D eigenvalue weighted by atomic mass is 9.83. The van der Waals surface area contributed by atoms with E-state index < -0.39 is 105 Å². The van der Waals surface area contributed by atoms with Gasteiger partial charge in [0.15, 0.2) is 6.29 Å². The molecule has 1 saturated carbocycles. The molecule has 18 heteroatoms. The zero-order chi connectivity index (χ0) is 29.0. The van der Waals surface area contributed by atoms with Crippen LogP contribution in [0, 0.1) is 0 Å². The van der Waals surface area contributed by atoms with Crippen LogP contribution in [-0.2, 0) is 28.5 Å². The van der Waals surface area contributed by atoms with Crippen molar-refractivity contribution in [2.45, 2.75) is 105 Å². The molecule has 0 aromatic rings. The van der Waals surface area contributed by atoms with Crippen molar-refractivity contribution in [1.82, 2.24) is 5.32 Å². The predicted octanol–water partition coefficient (Wildman–Crippen LogP) is -7.85. The highest BCUT2D eigenvalue weighted by Gasteiger charge is 2.51. The molecule has 15 atom stereocenters. The van der Waals surface area contributed by atoms with Gasteiger partial charge in [-0.15, -0.1) is 0 Å². The molecule has 3 rings (SSSR count). The van der Waals surface area contributed by atoms with Crippen molar-refractivity contribution in [3.63, 3.8) is 0 Å². The van der Waals surface area contributed by atoms with E-state index in [0.29, 0.717) is 0 Å². The Kier molecular flexibility index (Phi) is 11.7. The Bertz CT molecular complexity index is 786. The summed E-state index contributed by atoms with van der Waals surface area (Å²) in [5, 5.41) is 73.9. The van der Waals surface area contributed by atoms with E-state index >= 15 is 0 Å². The van der Waals surface area contributed by atoms with Gasteiger partial charge in [0.05, 0.1) is 12.6 Å². The van der Waals surface area contributed by atoms with Crippen molar-refractivity contribution in [2.24, 2.45) is 22.9 Å². The number of carbonyl (C=O) groups is 1. The normalized spacial score (nSPS) is 46.0. The molecule has 1 amide bonds. The Balaban J connectivity index is 1.81. The molecule has 8 unspecified atom stereocenters.